The minimum absolute atomic E-state index is 0.0346. The Bertz CT molecular complexity index is 1850. The summed E-state index contributed by atoms with van der Waals surface area (Å²) < 4.78 is 36.6. The predicted molar refractivity (Wildman–Crippen MR) is 244 cm³/mol. The van der Waals surface area contributed by atoms with Crippen molar-refractivity contribution in [2.24, 2.45) is 0 Å². The van der Waals surface area contributed by atoms with E-state index >= 15 is 0 Å². The third kappa shape index (κ3) is 11.8. The zero-order valence-electron chi connectivity index (χ0n) is 38.4. The van der Waals surface area contributed by atoms with E-state index in [2.05, 4.69) is 163 Å². The van der Waals surface area contributed by atoms with E-state index in [0.29, 0.717) is 20.0 Å². The Kier molecular flexibility index (Phi) is 14.8. The van der Waals surface area contributed by atoms with Crippen molar-refractivity contribution in [3.63, 3.8) is 0 Å². The monoisotopic (exact) mass is 818 g/mol. The second kappa shape index (κ2) is 17.9. The summed E-state index contributed by atoms with van der Waals surface area (Å²) in [5.74, 6) is 1.69. The third-order valence-electron chi connectivity index (χ3n) is 10.8. The van der Waals surface area contributed by atoms with Crippen LogP contribution in [0.2, 0.25) is 0 Å². The largest absolute Gasteiger partial charge is 0.509 e. The molecule has 1 saturated heterocycles. The molecule has 3 heterocycles. The Hall–Kier alpha value is -2.66. The minimum atomic E-state index is -0.474. The summed E-state index contributed by atoms with van der Waals surface area (Å²) in [6.07, 6.45) is 0. The molecule has 0 amide bonds. The van der Waals surface area contributed by atoms with Crippen molar-refractivity contribution in [3.05, 3.63) is 74.8 Å². The first kappa shape index (κ1) is 47.0. The molecular formula is C48H71BO6S2. The lowest BCUT2D eigenvalue weighted by Crippen LogP contribution is -2.41. The lowest BCUT2D eigenvalue weighted by atomic mass is 9.78. The van der Waals surface area contributed by atoms with Crippen LogP contribution in [0.15, 0.2) is 52.5 Å². The van der Waals surface area contributed by atoms with Crippen LogP contribution in [0.3, 0.4) is 0 Å². The van der Waals surface area contributed by atoms with E-state index < -0.39 is 18.3 Å². The highest BCUT2D eigenvalue weighted by Crippen LogP contribution is 2.43. The molecule has 0 saturated carbocycles. The molecule has 6 nitrogen and oxygen atoms in total. The van der Waals surface area contributed by atoms with Gasteiger partial charge in [-0.3, -0.25) is 0 Å². The van der Waals surface area contributed by atoms with Gasteiger partial charge in [-0.25, -0.2) is 0 Å². The van der Waals surface area contributed by atoms with Crippen molar-refractivity contribution in [1.82, 2.24) is 0 Å². The van der Waals surface area contributed by atoms with E-state index in [1.54, 1.807) is 22.7 Å². The topological polar surface area (TPSA) is 55.4 Å². The Morgan fingerprint density at radius 3 is 1.35 bits per heavy atom. The molecule has 57 heavy (non-hydrogen) atoms. The molecule has 0 radical (unpaired) electrons. The highest BCUT2D eigenvalue weighted by atomic mass is 32.1. The quantitative estimate of drug-likeness (QED) is 0.0854. The van der Waals surface area contributed by atoms with Crippen molar-refractivity contribution in [3.8, 4) is 33.8 Å². The molecule has 9 heteroatoms. The summed E-state index contributed by atoms with van der Waals surface area (Å²) in [5, 5.41) is 6.38. The highest BCUT2D eigenvalue weighted by Gasteiger charge is 2.53. The second-order valence-corrected chi connectivity index (χ2v) is 21.8. The lowest BCUT2D eigenvalue weighted by Gasteiger charge is -2.32. The van der Waals surface area contributed by atoms with Crippen LogP contribution in [-0.2, 0) is 40.4 Å². The first-order valence-electron chi connectivity index (χ1n) is 20.5. The van der Waals surface area contributed by atoms with Crippen molar-refractivity contribution < 1.29 is 28.3 Å². The van der Waals surface area contributed by atoms with Crippen LogP contribution in [0.4, 0.5) is 0 Å². The van der Waals surface area contributed by atoms with Crippen LogP contribution < -0.4 is 14.3 Å². The molecule has 314 valence electrons. The number of benzene rings is 2. The summed E-state index contributed by atoms with van der Waals surface area (Å²) >= 11 is 3.29. The number of hydrogen-bond donors (Lipinski definition) is 0. The fraction of sp³-hybridized carbons (Fsp3) is 0.583. The van der Waals surface area contributed by atoms with Crippen LogP contribution in [-0.4, -0.2) is 45.1 Å². The summed E-state index contributed by atoms with van der Waals surface area (Å²) in [6, 6.07) is 13.9. The van der Waals surface area contributed by atoms with Crippen molar-refractivity contribution in [1.29, 1.82) is 0 Å². The van der Waals surface area contributed by atoms with E-state index in [1.807, 2.05) is 13.8 Å². The smallest absolute Gasteiger partial charge is 0.466 e. The molecule has 5 rings (SSSR count). The number of hydrogen-bond acceptors (Lipinski definition) is 8. The predicted octanol–water partition coefficient (Wildman–Crippen LogP) is 13.1. The summed E-state index contributed by atoms with van der Waals surface area (Å²) in [7, 11) is -0.474. The highest BCUT2D eigenvalue weighted by molar-refractivity contribution is 7.21. The van der Waals surface area contributed by atoms with Gasteiger partial charge in [0.2, 0.25) is 0 Å². The van der Waals surface area contributed by atoms with Crippen molar-refractivity contribution in [2.45, 2.75) is 157 Å². The van der Waals surface area contributed by atoms with Crippen molar-refractivity contribution in [2.75, 3.05) is 26.8 Å². The molecule has 2 aromatic carbocycles. The summed E-state index contributed by atoms with van der Waals surface area (Å²) in [6.45, 7) is 41.1. The van der Waals surface area contributed by atoms with Gasteiger partial charge in [-0.05, 0) is 96.6 Å². The van der Waals surface area contributed by atoms with Gasteiger partial charge in [0, 0.05) is 40.5 Å². The van der Waals surface area contributed by atoms with Gasteiger partial charge in [-0.2, -0.15) is 0 Å². The van der Waals surface area contributed by atoms with E-state index in [1.165, 1.54) is 27.8 Å². The maximum Gasteiger partial charge on any atom is 0.509 e. The van der Waals surface area contributed by atoms with Crippen LogP contribution in [0, 0.1) is 0 Å². The molecule has 0 bridgehead atoms. The van der Waals surface area contributed by atoms with Gasteiger partial charge < -0.3 is 28.3 Å². The van der Waals surface area contributed by atoms with E-state index in [0.717, 1.165) is 33.0 Å². The zero-order chi connectivity index (χ0) is 42.8. The zero-order valence-corrected chi connectivity index (χ0v) is 40.0. The molecule has 4 aromatic rings. The van der Waals surface area contributed by atoms with Gasteiger partial charge in [-0.1, -0.05) is 119 Å². The number of rotatable bonds is 11. The van der Waals surface area contributed by atoms with Crippen LogP contribution >= 0.6 is 22.7 Å². The van der Waals surface area contributed by atoms with Gasteiger partial charge in [0.1, 0.15) is 11.5 Å². The molecule has 1 fully saturated rings. The number of ether oxygens (including phenoxy) is 4. The fourth-order valence-electron chi connectivity index (χ4n) is 6.10. The second-order valence-electron chi connectivity index (χ2n) is 20.2. The first-order chi connectivity index (χ1) is 26.2. The van der Waals surface area contributed by atoms with Gasteiger partial charge in [0.05, 0.1) is 16.0 Å². The SMILES string of the molecule is CCOCOc1c(-c2cc(C(C)(C)C)cc(C(C)(C)C)c2)csc1B1OC(C)(C)C(C)(C)O1.CCOCOc1cscc1-c1cc(C(C)(C)C)cc(C(C)(C)C)c1. The van der Waals surface area contributed by atoms with Crippen LogP contribution in [0.25, 0.3) is 22.3 Å². The fourth-order valence-corrected chi connectivity index (χ4v) is 7.85. The normalized spacial score (nSPS) is 15.7. The molecule has 0 N–H and O–H groups in total. The Balaban J connectivity index is 0.000000266. The maximum absolute atomic E-state index is 6.37. The molecule has 0 unspecified atom stereocenters. The first-order valence-corrected chi connectivity index (χ1v) is 22.3. The van der Waals surface area contributed by atoms with Crippen LogP contribution in [0.5, 0.6) is 11.5 Å². The van der Waals surface area contributed by atoms with Crippen LogP contribution in [0.1, 0.15) is 147 Å². The summed E-state index contributed by atoms with van der Waals surface area (Å²) in [4.78, 5) is 0. The molecule has 1 aliphatic heterocycles. The van der Waals surface area contributed by atoms with Gasteiger partial charge in [-0.15, -0.1) is 22.7 Å². The average Bonchev–Trinajstić information content (AvgIpc) is 3.79. The standard InChI is InChI=1S/C27H41BO4S.C21H30O2S/c1-12-29-17-30-22-21(16-33-23(22)28-31-26(8,9)27(10,11)32-28)18-13-19(24(2,3)4)15-20(14-18)25(5,6)7;1-8-22-14-23-19-13-24-12-18(19)15-9-16(20(2,3)4)11-17(10-15)21(5,6)7/h13-16H,12,17H2,1-11H3;9-13H,8,14H2,1-7H3. The summed E-state index contributed by atoms with van der Waals surface area (Å²) in [5.41, 5.74) is 9.37. The molecule has 0 aliphatic carbocycles. The Morgan fingerprint density at radius 2 is 0.947 bits per heavy atom. The van der Waals surface area contributed by atoms with E-state index in [-0.39, 0.29) is 28.5 Å². The minimum Gasteiger partial charge on any atom is -0.466 e. The van der Waals surface area contributed by atoms with Crippen molar-refractivity contribution >= 4 is 34.6 Å². The van der Waals surface area contributed by atoms with E-state index in [9.17, 15) is 0 Å². The number of thiophene rings is 2. The molecule has 0 spiro atoms. The molecule has 0 atom stereocenters. The lowest BCUT2D eigenvalue weighted by molar-refractivity contribution is 0.00578. The Morgan fingerprint density at radius 1 is 0.544 bits per heavy atom. The average molecular weight is 819 g/mol. The van der Waals surface area contributed by atoms with E-state index in [4.69, 9.17) is 28.3 Å². The maximum atomic E-state index is 6.37. The van der Waals surface area contributed by atoms with Gasteiger partial charge >= 0.3 is 7.12 Å². The Labute approximate surface area is 354 Å². The third-order valence-corrected chi connectivity index (χ3v) is 12.5. The molecule has 2 aromatic heterocycles. The van der Waals surface area contributed by atoms with Gasteiger partial charge in [0.25, 0.3) is 0 Å². The van der Waals surface area contributed by atoms with Gasteiger partial charge in [0.15, 0.2) is 13.6 Å². The molecular weight excluding hydrogens is 747 g/mol. The molecule has 1 aliphatic rings.